The minimum Gasteiger partial charge on any atom is -0.495 e. The monoisotopic (exact) mass is 394 g/mol. The second kappa shape index (κ2) is 8.59. The van der Waals surface area contributed by atoms with Gasteiger partial charge in [-0.05, 0) is 37.6 Å². The van der Waals surface area contributed by atoms with Gasteiger partial charge in [0.2, 0.25) is 0 Å². The number of ether oxygens (including phenoxy) is 3. The zero-order chi connectivity index (χ0) is 20.1. The summed E-state index contributed by atoms with van der Waals surface area (Å²) in [6.07, 6.45) is 0. The highest BCUT2D eigenvalue weighted by Gasteiger charge is 2.23. The van der Waals surface area contributed by atoms with Crippen LogP contribution in [0.25, 0.3) is 0 Å². The minimum absolute atomic E-state index is 0.0909. The molecule has 8 nitrogen and oxygen atoms in total. The smallest absolute Gasteiger partial charge is 0.355 e. The Morgan fingerprint density at radius 3 is 2.44 bits per heavy atom. The van der Waals surface area contributed by atoms with Gasteiger partial charge >= 0.3 is 11.9 Å². The molecule has 1 aromatic carbocycles. The summed E-state index contributed by atoms with van der Waals surface area (Å²) in [6.45, 7) is 2.72. The van der Waals surface area contributed by atoms with Crippen LogP contribution in [0.3, 0.4) is 0 Å². The summed E-state index contributed by atoms with van der Waals surface area (Å²) in [4.78, 5) is 38.7. The van der Waals surface area contributed by atoms with Crippen molar-refractivity contribution in [2.45, 2.75) is 13.8 Å². The van der Waals surface area contributed by atoms with E-state index >= 15 is 0 Å². The number of methoxy groups -OCH3 is 2. The summed E-state index contributed by atoms with van der Waals surface area (Å²) in [5.74, 6) is -1.39. The number of benzene rings is 1. The number of esters is 2. The number of rotatable bonds is 6. The van der Waals surface area contributed by atoms with Crippen LogP contribution >= 0.6 is 11.6 Å². The van der Waals surface area contributed by atoms with Gasteiger partial charge in [0.15, 0.2) is 6.61 Å². The quantitative estimate of drug-likeness (QED) is 0.729. The number of hydrogen-bond donors (Lipinski definition) is 2. The first-order chi connectivity index (χ1) is 12.8. The van der Waals surface area contributed by atoms with E-state index < -0.39 is 24.5 Å². The average molecular weight is 395 g/mol. The molecule has 0 fully saturated rings. The topological polar surface area (TPSA) is 107 Å². The SMILES string of the molecule is COC(=O)c1c(C)[nH]c(C(=O)OCC(=O)Nc2ccc(OC)c(Cl)c2)c1C. The van der Waals surface area contributed by atoms with Crippen molar-refractivity contribution in [1.29, 1.82) is 0 Å². The lowest BCUT2D eigenvalue weighted by molar-refractivity contribution is -0.119. The molecule has 0 aliphatic carbocycles. The van der Waals surface area contributed by atoms with Gasteiger partial charge in [-0.25, -0.2) is 9.59 Å². The molecule has 0 unspecified atom stereocenters. The molecule has 1 heterocycles. The molecule has 1 amide bonds. The van der Waals surface area contributed by atoms with Crippen molar-refractivity contribution in [3.63, 3.8) is 0 Å². The van der Waals surface area contributed by atoms with Crippen molar-refractivity contribution in [2.24, 2.45) is 0 Å². The van der Waals surface area contributed by atoms with E-state index in [1.54, 1.807) is 26.0 Å². The highest BCUT2D eigenvalue weighted by molar-refractivity contribution is 6.32. The highest BCUT2D eigenvalue weighted by atomic mass is 35.5. The number of aromatic nitrogens is 1. The fourth-order valence-electron chi connectivity index (χ4n) is 2.51. The van der Waals surface area contributed by atoms with Gasteiger partial charge in [-0.15, -0.1) is 0 Å². The van der Waals surface area contributed by atoms with E-state index in [0.29, 0.717) is 27.7 Å². The summed E-state index contributed by atoms with van der Waals surface area (Å²) in [5.41, 5.74) is 1.66. The van der Waals surface area contributed by atoms with Gasteiger partial charge in [0.05, 0.1) is 24.8 Å². The molecule has 2 aromatic rings. The number of carbonyl (C=O) groups is 3. The van der Waals surface area contributed by atoms with Crippen LogP contribution in [0.5, 0.6) is 5.75 Å². The van der Waals surface area contributed by atoms with E-state index in [2.05, 4.69) is 15.0 Å². The highest BCUT2D eigenvalue weighted by Crippen LogP contribution is 2.27. The molecule has 9 heteroatoms. The largest absolute Gasteiger partial charge is 0.495 e. The maximum absolute atomic E-state index is 12.2. The van der Waals surface area contributed by atoms with E-state index in [0.717, 1.165) is 0 Å². The zero-order valence-electron chi connectivity index (χ0n) is 15.3. The summed E-state index contributed by atoms with van der Waals surface area (Å²) >= 11 is 5.99. The van der Waals surface area contributed by atoms with Crippen LogP contribution in [0, 0.1) is 13.8 Å². The summed E-state index contributed by atoms with van der Waals surface area (Å²) in [5, 5.41) is 2.89. The lowest BCUT2D eigenvalue weighted by atomic mass is 10.1. The second-order valence-electron chi connectivity index (χ2n) is 5.59. The Bertz CT molecular complexity index is 890. The third kappa shape index (κ3) is 4.59. The van der Waals surface area contributed by atoms with Crippen LogP contribution in [0.15, 0.2) is 18.2 Å². The minimum atomic E-state index is -0.756. The van der Waals surface area contributed by atoms with Crippen molar-refractivity contribution in [3.05, 3.63) is 45.7 Å². The number of aromatic amines is 1. The Morgan fingerprint density at radius 2 is 1.85 bits per heavy atom. The molecule has 0 radical (unpaired) electrons. The third-order valence-corrected chi connectivity index (χ3v) is 4.10. The van der Waals surface area contributed by atoms with Gasteiger partial charge in [-0.3, -0.25) is 4.79 Å². The number of aryl methyl sites for hydroxylation is 1. The molecule has 144 valence electrons. The third-order valence-electron chi connectivity index (χ3n) is 3.80. The van der Waals surface area contributed by atoms with Crippen molar-refractivity contribution in [2.75, 3.05) is 26.1 Å². The number of nitrogens with one attached hydrogen (secondary N) is 2. The normalized spacial score (nSPS) is 10.3. The number of carbonyl (C=O) groups excluding carboxylic acids is 3. The molecule has 2 N–H and O–H groups in total. The number of hydrogen-bond acceptors (Lipinski definition) is 6. The summed E-state index contributed by atoms with van der Waals surface area (Å²) < 4.78 is 14.7. The fraction of sp³-hybridized carbons (Fsp3) is 0.278. The molecule has 0 saturated carbocycles. The molecule has 0 bridgehead atoms. The van der Waals surface area contributed by atoms with Crippen molar-refractivity contribution >= 4 is 35.1 Å². The van der Waals surface area contributed by atoms with E-state index in [1.807, 2.05) is 0 Å². The Kier molecular flexibility index (Phi) is 6.46. The van der Waals surface area contributed by atoms with Crippen LogP contribution in [-0.4, -0.2) is 43.7 Å². The molecule has 0 atom stereocenters. The van der Waals surface area contributed by atoms with Gasteiger partial charge in [-0.1, -0.05) is 11.6 Å². The van der Waals surface area contributed by atoms with Crippen LogP contribution in [0.2, 0.25) is 5.02 Å². The van der Waals surface area contributed by atoms with Crippen LogP contribution in [0.1, 0.15) is 32.1 Å². The number of anilines is 1. The fourth-order valence-corrected chi connectivity index (χ4v) is 2.76. The Balaban J connectivity index is 2.00. The average Bonchev–Trinajstić information content (AvgIpc) is 2.93. The standard InChI is InChI=1S/C18H19ClN2O6/c1-9-15(17(23)26-4)10(2)20-16(9)18(24)27-8-14(22)21-11-5-6-13(25-3)12(19)7-11/h5-7,20H,8H2,1-4H3,(H,21,22). The van der Waals surface area contributed by atoms with E-state index in [1.165, 1.54) is 20.3 Å². The zero-order valence-corrected chi connectivity index (χ0v) is 16.0. The van der Waals surface area contributed by atoms with Gasteiger partial charge in [0, 0.05) is 11.4 Å². The Morgan fingerprint density at radius 1 is 1.15 bits per heavy atom. The molecule has 1 aromatic heterocycles. The van der Waals surface area contributed by atoms with Crippen LogP contribution in [0.4, 0.5) is 5.69 Å². The Hall–Kier alpha value is -3.00. The Labute approximate surface area is 160 Å². The lowest BCUT2D eigenvalue weighted by Gasteiger charge is -2.08. The van der Waals surface area contributed by atoms with Gasteiger partial charge in [0.25, 0.3) is 5.91 Å². The molecule has 0 aliphatic rings. The molecule has 0 spiro atoms. The predicted octanol–water partition coefficient (Wildman–Crippen LogP) is 2.88. The molecular weight excluding hydrogens is 376 g/mol. The molecule has 0 saturated heterocycles. The molecular formula is C18H19ClN2O6. The number of H-pyrrole nitrogens is 1. The first kappa shape index (κ1) is 20.3. The van der Waals surface area contributed by atoms with Gasteiger partial charge < -0.3 is 24.5 Å². The number of halogens is 1. The maximum atomic E-state index is 12.2. The van der Waals surface area contributed by atoms with Crippen molar-refractivity contribution in [1.82, 2.24) is 4.98 Å². The van der Waals surface area contributed by atoms with Crippen LogP contribution < -0.4 is 10.1 Å². The summed E-state index contributed by atoms with van der Waals surface area (Å²) in [7, 11) is 2.73. The lowest BCUT2D eigenvalue weighted by Crippen LogP contribution is -2.21. The first-order valence-electron chi connectivity index (χ1n) is 7.86. The van der Waals surface area contributed by atoms with Gasteiger partial charge in [-0.2, -0.15) is 0 Å². The molecule has 2 rings (SSSR count). The maximum Gasteiger partial charge on any atom is 0.355 e. The van der Waals surface area contributed by atoms with Crippen LogP contribution in [-0.2, 0) is 14.3 Å². The molecule has 27 heavy (non-hydrogen) atoms. The first-order valence-corrected chi connectivity index (χ1v) is 8.24. The van der Waals surface area contributed by atoms with E-state index in [4.69, 9.17) is 21.1 Å². The van der Waals surface area contributed by atoms with E-state index in [-0.39, 0.29) is 11.3 Å². The molecule has 0 aliphatic heterocycles. The second-order valence-corrected chi connectivity index (χ2v) is 6.00. The number of amides is 1. The van der Waals surface area contributed by atoms with Crippen molar-refractivity contribution in [3.8, 4) is 5.75 Å². The predicted molar refractivity (Wildman–Crippen MR) is 98.5 cm³/mol. The van der Waals surface area contributed by atoms with Gasteiger partial charge in [0.1, 0.15) is 11.4 Å². The van der Waals surface area contributed by atoms with E-state index in [9.17, 15) is 14.4 Å². The summed E-state index contributed by atoms with van der Waals surface area (Å²) in [6, 6.07) is 4.72. The van der Waals surface area contributed by atoms with Crippen molar-refractivity contribution < 1.29 is 28.6 Å².